The Bertz CT molecular complexity index is 1200. The van der Waals surface area contributed by atoms with E-state index in [-0.39, 0.29) is 23.7 Å². The Balaban J connectivity index is 1.50. The van der Waals surface area contributed by atoms with Gasteiger partial charge in [0, 0.05) is 54.0 Å². The number of aromatic amines is 1. The summed E-state index contributed by atoms with van der Waals surface area (Å²) in [7, 11) is 0. The largest absolute Gasteiger partial charge is 0.419 e. The summed E-state index contributed by atoms with van der Waals surface area (Å²) in [6, 6.07) is 7.21. The minimum atomic E-state index is -4.60. The number of alkyl halides is 3. The Kier molecular flexibility index (Phi) is 5.68. The lowest BCUT2D eigenvalue weighted by atomic mass is 10.0. The SMILES string of the molecule is N#Cc1ccc2c(-c3nc(N[C@H]4CCC[C@@H]4N4CCOCC4)ncc3C(F)(F)F)c[nH]c2c1. The predicted molar refractivity (Wildman–Crippen MR) is 116 cm³/mol. The molecule has 10 heteroatoms. The highest BCUT2D eigenvalue weighted by Gasteiger charge is 2.37. The molecule has 7 nitrogen and oxygen atoms in total. The Hall–Kier alpha value is -3.16. The van der Waals surface area contributed by atoms with Gasteiger partial charge >= 0.3 is 6.18 Å². The number of morpholine rings is 1. The summed E-state index contributed by atoms with van der Waals surface area (Å²) in [5, 5.41) is 13.0. The van der Waals surface area contributed by atoms with Gasteiger partial charge in [-0.1, -0.05) is 6.07 Å². The normalized spacial score (nSPS) is 21.9. The van der Waals surface area contributed by atoms with E-state index >= 15 is 0 Å². The van der Waals surface area contributed by atoms with E-state index in [1.54, 1.807) is 18.2 Å². The molecule has 2 fully saturated rings. The summed E-state index contributed by atoms with van der Waals surface area (Å²) in [4.78, 5) is 13.7. The number of aromatic nitrogens is 3. The summed E-state index contributed by atoms with van der Waals surface area (Å²) in [5.74, 6) is 0.186. The van der Waals surface area contributed by atoms with Crippen molar-refractivity contribution in [2.75, 3.05) is 31.6 Å². The average molecular weight is 456 g/mol. The molecule has 0 unspecified atom stereocenters. The van der Waals surface area contributed by atoms with Crippen molar-refractivity contribution in [3.63, 3.8) is 0 Å². The third kappa shape index (κ3) is 4.26. The van der Waals surface area contributed by atoms with Crippen molar-refractivity contribution in [3.8, 4) is 17.3 Å². The maximum Gasteiger partial charge on any atom is 0.419 e. The predicted octanol–water partition coefficient (Wildman–Crippen LogP) is 4.18. The van der Waals surface area contributed by atoms with E-state index in [1.165, 1.54) is 6.20 Å². The van der Waals surface area contributed by atoms with Gasteiger partial charge in [-0.25, -0.2) is 9.97 Å². The molecule has 3 heterocycles. The topological polar surface area (TPSA) is 89.9 Å². The average Bonchev–Trinajstić information content (AvgIpc) is 3.45. The van der Waals surface area contributed by atoms with Gasteiger partial charge in [0.1, 0.15) is 5.56 Å². The Morgan fingerprint density at radius 2 is 2.03 bits per heavy atom. The molecule has 0 amide bonds. The number of rotatable bonds is 4. The van der Waals surface area contributed by atoms with E-state index in [9.17, 15) is 13.2 Å². The number of H-pyrrole nitrogens is 1. The number of hydrogen-bond acceptors (Lipinski definition) is 6. The number of benzene rings is 1. The molecule has 0 bridgehead atoms. The second-order valence-electron chi connectivity index (χ2n) is 8.43. The lowest BCUT2D eigenvalue weighted by molar-refractivity contribution is -0.137. The third-order valence-corrected chi connectivity index (χ3v) is 6.47. The maximum absolute atomic E-state index is 13.8. The summed E-state index contributed by atoms with van der Waals surface area (Å²) in [5.41, 5.74) is 0.246. The molecule has 33 heavy (non-hydrogen) atoms. The van der Waals surface area contributed by atoms with E-state index < -0.39 is 11.7 Å². The van der Waals surface area contributed by atoms with Gasteiger partial charge in [0.25, 0.3) is 0 Å². The van der Waals surface area contributed by atoms with E-state index in [0.717, 1.165) is 38.5 Å². The van der Waals surface area contributed by atoms with E-state index in [0.29, 0.717) is 35.2 Å². The molecule has 3 aromatic rings. The number of nitrogens with one attached hydrogen (secondary N) is 2. The van der Waals surface area contributed by atoms with Crippen LogP contribution in [0, 0.1) is 11.3 Å². The molecule has 2 atom stereocenters. The fourth-order valence-corrected chi connectivity index (χ4v) is 4.88. The Labute approximate surface area is 188 Å². The first-order valence-electron chi connectivity index (χ1n) is 11.0. The number of ether oxygens (including phenoxy) is 1. The van der Waals surface area contributed by atoms with Crippen LogP contribution >= 0.6 is 0 Å². The third-order valence-electron chi connectivity index (χ3n) is 6.47. The highest BCUT2D eigenvalue weighted by atomic mass is 19.4. The van der Waals surface area contributed by atoms with Crippen molar-refractivity contribution >= 4 is 16.9 Å². The number of fused-ring (bicyclic) bond motifs is 1. The number of anilines is 1. The van der Waals surface area contributed by atoms with Crippen LogP contribution in [0.25, 0.3) is 22.2 Å². The molecule has 1 aromatic carbocycles. The standard InChI is InChI=1S/C23H23F3N6O/c24-23(25,26)17-13-29-22(30-18-2-1-3-20(18)32-6-8-33-9-7-32)31-21(17)16-12-28-19-10-14(11-27)4-5-15(16)19/h4-5,10,12-13,18,20,28H,1-3,6-9H2,(H,29,30,31)/t18-,20-/m0/s1. The summed E-state index contributed by atoms with van der Waals surface area (Å²) in [6.45, 7) is 3.08. The molecule has 2 N–H and O–H groups in total. The Morgan fingerprint density at radius 1 is 1.21 bits per heavy atom. The molecule has 1 saturated heterocycles. The van der Waals surface area contributed by atoms with Gasteiger partial charge in [-0.15, -0.1) is 0 Å². The van der Waals surface area contributed by atoms with Crippen LogP contribution in [0.2, 0.25) is 0 Å². The Morgan fingerprint density at radius 3 is 2.79 bits per heavy atom. The van der Waals surface area contributed by atoms with Gasteiger partial charge in [0.15, 0.2) is 0 Å². The highest BCUT2D eigenvalue weighted by Crippen LogP contribution is 2.39. The summed E-state index contributed by atoms with van der Waals surface area (Å²) in [6.07, 6.45) is 0.719. The molecule has 1 saturated carbocycles. The van der Waals surface area contributed by atoms with Crippen LogP contribution in [0.15, 0.2) is 30.6 Å². The molecule has 0 radical (unpaired) electrons. The molecule has 2 aromatic heterocycles. The lowest BCUT2D eigenvalue weighted by Crippen LogP contribution is -2.49. The van der Waals surface area contributed by atoms with E-state index in [1.807, 2.05) is 6.07 Å². The fourth-order valence-electron chi connectivity index (χ4n) is 4.88. The maximum atomic E-state index is 13.8. The van der Waals surface area contributed by atoms with Crippen molar-refractivity contribution < 1.29 is 17.9 Å². The van der Waals surface area contributed by atoms with Crippen molar-refractivity contribution in [2.45, 2.75) is 37.5 Å². The van der Waals surface area contributed by atoms with Crippen molar-refractivity contribution in [1.29, 1.82) is 5.26 Å². The molecular formula is C23H23F3N6O. The van der Waals surface area contributed by atoms with Gasteiger partial charge in [0.2, 0.25) is 5.95 Å². The summed E-state index contributed by atoms with van der Waals surface area (Å²) >= 11 is 0. The van der Waals surface area contributed by atoms with Crippen molar-refractivity contribution in [2.24, 2.45) is 0 Å². The van der Waals surface area contributed by atoms with Crippen molar-refractivity contribution in [3.05, 3.63) is 41.7 Å². The molecule has 1 aliphatic carbocycles. The van der Waals surface area contributed by atoms with Gasteiger partial charge in [-0.2, -0.15) is 18.4 Å². The quantitative estimate of drug-likeness (QED) is 0.612. The zero-order chi connectivity index (χ0) is 23.0. The van der Waals surface area contributed by atoms with Crippen LogP contribution in [-0.4, -0.2) is 58.2 Å². The number of hydrogen-bond donors (Lipinski definition) is 2. The highest BCUT2D eigenvalue weighted by molar-refractivity contribution is 5.96. The monoisotopic (exact) mass is 456 g/mol. The lowest BCUT2D eigenvalue weighted by Gasteiger charge is -2.35. The minimum Gasteiger partial charge on any atom is -0.379 e. The molecule has 0 spiro atoms. The van der Waals surface area contributed by atoms with Crippen LogP contribution in [0.1, 0.15) is 30.4 Å². The molecule has 1 aliphatic heterocycles. The zero-order valence-electron chi connectivity index (χ0n) is 17.8. The smallest absolute Gasteiger partial charge is 0.379 e. The van der Waals surface area contributed by atoms with E-state index in [4.69, 9.17) is 10.00 Å². The van der Waals surface area contributed by atoms with Gasteiger partial charge < -0.3 is 15.0 Å². The van der Waals surface area contributed by atoms with Gasteiger partial charge in [-0.05, 0) is 31.4 Å². The van der Waals surface area contributed by atoms with Crippen LogP contribution in [0.4, 0.5) is 19.1 Å². The molecule has 2 aliphatic rings. The first-order valence-corrected chi connectivity index (χ1v) is 11.0. The first kappa shape index (κ1) is 21.7. The van der Waals surface area contributed by atoms with Gasteiger partial charge in [-0.3, -0.25) is 4.90 Å². The van der Waals surface area contributed by atoms with Crippen molar-refractivity contribution in [1.82, 2.24) is 19.9 Å². The van der Waals surface area contributed by atoms with Crippen LogP contribution in [0.5, 0.6) is 0 Å². The second kappa shape index (κ2) is 8.65. The van der Waals surface area contributed by atoms with Crippen LogP contribution in [-0.2, 0) is 10.9 Å². The van der Waals surface area contributed by atoms with Gasteiger partial charge in [0.05, 0.1) is 30.5 Å². The van der Waals surface area contributed by atoms with Crippen LogP contribution in [0.3, 0.4) is 0 Å². The zero-order valence-corrected chi connectivity index (χ0v) is 17.8. The van der Waals surface area contributed by atoms with Crippen LogP contribution < -0.4 is 5.32 Å². The molecule has 172 valence electrons. The summed E-state index contributed by atoms with van der Waals surface area (Å²) < 4.78 is 46.9. The second-order valence-corrected chi connectivity index (χ2v) is 8.43. The minimum absolute atomic E-state index is 0.0637. The fraction of sp³-hybridized carbons (Fsp3) is 0.435. The van der Waals surface area contributed by atoms with E-state index in [2.05, 4.69) is 25.2 Å². The molecule has 5 rings (SSSR count). The number of nitriles is 1. The number of halogens is 3. The molecular weight excluding hydrogens is 433 g/mol. The first-order chi connectivity index (χ1) is 15.9. The number of nitrogens with zero attached hydrogens (tertiary/aromatic N) is 4.